The van der Waals surface area contributed by atoms with Crippen LogP contribution in [0, 0.1) is 0 Å². The second-order valence-electron chi connectivity index (χ2n) is 4.60. The highest BCUT2D eigenvalue weighted by Gasteiger charge is 2.35. The zero-order valence-electron chi connectivity index (χ0n) is 11.9. The van der Waals surface area contributed by atoms with Crippen LogP contribution in [0.3, 0.4) is 0 Å². The van der Waals surface area contributed by atoms with Gasteiger partial charge in [0.1, 0.15) is 0 Å². The number of rotatable bonds is 8. The molecule has 0 saturated carbocycles. The summed E-state index contributed by atoms with van der Waals surface area (Å²) in [6.07, 6.45) is 1.61. The van der Waals surface area contributed by atoms with Crippen molar-refractivity contribution in [2.75, 3.05) is 26.2 Å². The highest BCUT2D eigenvalue weighted by Crippen LogP contribution is 2.18. The molecular formula is C14H23N3O2. The van der Waals surface area contributed by atoms with Gasteiger partial charge in [-0.2, -0.15) is 0 Å². The third-order valence-corrected chi connectivity index (χ3v) is 3.41. The van der Waals surface area contributed by atoms with E-state index in [9.17, 15) is 9.90 Å². The van der Waals surface area contributed by atoms with Crippen molar-refractivity contribution in [3.8, 4) is 0 Å². The molecule has 5 heteroatoms. The number of nitrogens with one attached hydrogen (secondary N) is 1. The largest absolute Gasteiger partial charge is 0.480 e. The molecule has 1 heterocycles. The molecule has 106 valence electrons. The molecule has 2 N–H and O–H groups in total. The van der Waals surface area contributed by atoms with Crippen molar-refractivity contribution in [1.82, 2.24) is 15.2 Å². The molecule has 0 aliphatic carbocycles. The number of pyridine rings is 1. The fourth-order valence-corrected chi connectivity index (χ4v) is 1.94. The van der Waals surface area contributed by atoms with Crippen molar-refractivity contribution < 1.29 is 9.90 Å². The van der Waals surface area contributed by atoms with E-state index < -0.39 is 11.5 Å². The molecule has 5 nitrogen and oxygen atoms in total. The smallest absolute Gasteiger partial charge is 0.329 e. The summed E-state index contributed by atoms with van der Waals surface area (Å²) in [5.41, 5.74) is -0.615. The predicted octanol–water partition coefficient (Wildman–Crippen LogP) is 1.31. The van der Waals surface area contributed by atoms with Crippen LogP contribution >= 0.6 is 0 Å². The summed E-state index contributed by atoms with van der Waals surface area (Å²) in [5.74, 6) is -0.911. The van der Waals surface area contributed by atoms with Crippen LogP contribution in [0.25, 0.3) is 0 Å². The second-order valence-corrected chi connectivity index (χ2v) is 4.60. The molecule has 0 aromatic carbocycles. The van der Waals surface area contributed by atoms with E-state index in [1.54, 1.807) is 31.3 Å². The van der Waals surface area contributed by atoms with Crippen molar-refractivity contribution in [1.29, 1.82) is 0 Å². The minimum Gasteiger partial charge on any atom is -0.480 e. The molecule has 0 spiro atoms. The Morgan fingerprint density at radius 3 is 2.58 bits per heavy atom. The van der Waals surface area contributed by atoms with Gasteiger partial charge in [-0.15, -0.1) is 0 Å². The number of likely N-dealkylation sites (N-methyl/N-ethyl adjacent to an activating group) is 1. The standard InChI is InChI=1S/C14H23N3O2/c1-4-17(5-2)11-10-16-14(3,13(18)19)12-8-6-7-9-15-12/h6-9,16H,4-5,10-11H2,1-3H3,(H,18,19). The Morgan fingerprint density at radius 2 is 2.11 bits per heavy atom. The normalized spacial score (nSPS) is 14.3. The molecular weight excluding hydrogens is 242 g/mol. The van der Waals surface area contributed by atoms with Gasteiger partial charge < -0.3 is 10.0 Å². The first kappa shape index (κ1) is 15.6. The van der Waals surface area contributed by atoms with Crippen molar-refractivity contribution in [2.24, 2.45) is 0 Å². The van der Waals surface area contributed by atoms with Gasteiger partial charge in [0.15, 0.2) is 5.54 Å². The summed E-state index contributed by atoms with van der Waals surface area (Å²) in [4.78, 5) is 17.9. The van der Waals surface area contributed by atoms with E-state index in [-0.39, 0.29) is 0 Å². The summed E-state index contributed by atoms with van der Waals surface area (Å²) in [6, 6.07) is 5.32. The van der Waals surface area contributed by atoms with E-state index >= 15 is 0 Å². The van der Waals surface area contributed by atoms with Gasteiger partial charge >= 0.3 is 5.97 Å². The molecule has 19 heavy (non-hydrogen) atoms. The number of carboxylic acids is 1. The second kappa shape index (κ2) is 7.21. The molecule has 1 unspecified atom stereocenters. The van der Waals surface area contributed by atoms with Gasteiger partial charge in [-0.25, -0.2) is 4.79 Å². The molecule has 1 aromatic rings. The number of hydrogen-bond acceptors (Lipinski definition) is 4. The van der Waals surface area contributed by atoms with E-state index in [4.69, 9.17) is 0 Å². The number of nitrogens with zero attached hydrogens (tertiary/aromatic N) is 2. The maximum Gasteiger partial charge on any atom is 0.329 e. The van der Waals surface area contributed by atoms with Gasteiger partial charge in [0, 0.05) is 19.3 Å². The Kier molecular flexibility index (Phi) is 5.92. The SMILES string of the molecule is CCN(CC)CCNC(C)(C(=O)O)c1ccccn1. The van der Waals surface area contributed by atoms with E-state index in [1.807, 2.05) is 0 Å². The molecule has 0 radical (unpaired) electrons. The summed E-state index contributed by atoms with van der Waals surface area (Å²) in [7, 11) is 0. The van der Waals surface area contributed by atoms with Crippen molar-refractivity contribution >= 4 is 5.97 Å². The van der Waals surface area contributed by atoms with Gasteiger partial charge in [0.25, 0.3) is 0 Å². The van der Waals surface area contributed by atoms with E-state index in [0.29, 0.717) is 12.2 Å². The van der Waals surface area contributed by atoms with E-state index in [2.05, 4.69) is 29.0 Å². The Bertz CT molecular complexity index is 393. The van der Waals surface area contributed by atoms with Gasteiger partial charge in [0.05, 0.1) is 5.69 Å². The highest BCUT2D eigenvalue weighted by atomic mass is 16.4. The first-order chi connectivity index (χ1) is 9.04. The number of aliphatic carboxylic acids is 1. The Morgan fingerprint density at radius 1 is 1.42 bits per heavy atom. The fraction of sp³-hybridized carbons (Fsp3) is 0.571. The van der Waals surface area contributed by atoms with E-state index in [0.717, 1.165) is 19.6 Å². The highest BCUT2D eigenvalue weighted by molar-refractivity contribution is 5.79. The van der Waals surface area contributed by atoms with Crippen LogP contribution in [0.1, 0.15) is 26.5 Å². The molecule has 0 bridgehead atoms. The van der Waals surface area contributed by atoms with Crippen LogP contribution < -0.4 is 5.32 Å². The number of aromatic nitrogens is 1. The van der Waals surface area contributed by atoms with Gasteiger partial charge in [-0.1, -0.05) is 19.9 Å². The zero-order valence-corrected chi connectivity index (χ0v) is 11.9. The Balaban J connectivity index is 2.71. The lowest BCUT2D eigenvalue weighted by Gasteiger charge is -2.27. The molecule has 1 rings (SSSR count). The number of carbonyl (C=O) groups is 1. The molecule has 0 fully saturated rings. The average Bonchev–Trinajstić information content (AvgIpc) is 2.44. The van der Waals surface area contributed by atoms with Crippen molar-refractivity contribution in [3.05, 3.63) is 30.1 Å². The van der Waals surface area contributed by atoms with Gasteiger partial charge in [0.2, 0.25) is 0 Å². The summed E-state index contributed by atoms with van der Waals surface area (Å²) < 4.78 is 0. The maximum absolute atomic E-state index is 11.5. The average molecular weight is 265 g/mol. The van der Waals surface area contributed by atoms with Crippen molar-refractivity contribution in [2.45, 2.75) is 26.3 Å². The maximum atomic E-state index is 11.5. The molecule has 0 saturated heterocycles. The van der Waals surface area contributed by atoms with Gasteiger partial charge in [-0.3, -0.25) is 10.3 Å². The van der Waals surface area contributed by atoms with Crippen LogP contribution in [0.5, 0.6) is 0 Å². The zero-order chi connectivity index (χ0) is 14.3. The minimum absolute atomic E-state index is 0.530. The Labute approximate surface area is 114 Å². The molecule has 0 aliphatic rings. The van der Waals surface area contributed by atoms with Crippen LogP contribution in [0.15, 0.2) is 24.4 Å². The van der Waals surface area contributed by atoms with Gasteiger partial charge in [-0.05, 0) is 32.1 Å². The fourth-order valence-electron chi connectivity index (χ4n) is 1.94. The molecule has 0 aliphatic heterocycles. The quantitative estimate of drug-likeness (QED) is 0.742. The summed E-state index contributed by atoms with van der Waals surface area (Å²) in [5, 5.41) is 12.6. The van der Waals surface area contributed by atoms with Crippen LogP contribution in [-0.4, -0.2) is 47.1 Å². The summed E-state index contributed by atoms with van der Waals surface area (Å²) in [6.45, 7) is 9.21. The third kappa shape index (κ3) is 4.01. The first-order valence-corrected chi connectivity index (χ1v) is 6.66. The lowest BCUT2D eigenvalue weighted by molar-refractivity contribution is -0.144. The minimum atomic E-state index is -1.14. The lowest BCUT2D eigenvalue weighted by Crippen LogP contribution is -2.49. The molecule has 1 atom stereocenters. The molecule has 1 aromatic heterocycles. The predicted molar refractivity (Wildman–Crippen MR) is 75.0 cm³/mol. The number of carboxylic acid groups (broad SMARTS) is 1. The lowest BCUT2D eigenvalue weighted by atomic mass is 9.97. The number of hydrogen-bond donors (Lipinski definition) is 2. The Hall–Kier alpha value is -1.46. The van der Waals surface area contributed by atoms with E-state index in [1.165, 1.54) is 0 Å². The summed E-state index contributed by atoms with van der Waals surface area (Å²) >= 11 is 0. The van der Waals surface area contributed by atoms with Crippen LogP contribution in [-0.2, 0) is 10.3 Å². The monoisotopic (exact) mass is 265 g/mol. The van der Waals surface area contributed by atoms with Crippen molar-refractivity contribution in [3.63, 3.8) is 0 Å². The topological polar surface area (TPSA) is 65.5 Å². The first-order valence-electron chi connectivity index (χ1n) is 6.66. The third-order valence-electron chi connectivity index (χ3n) is 3.41. The van der Waals surface area contributed by atoms with Crippen LogP contribution in [0.4, 0.5) is 0 Å². The van der Waals surface area contributed by atoms with Crippen LogP contribution in [0.2, 0.25) is 0 Å². The molecule has 0 amide bonds.